The molecule has 264 valence electrons. The largest absolute Gasteiger partial charge is 0.478 e. The van der Waals surface area contributed by atoms with Crippen LogP contribution in [0, 0.1) is 19.3 Å². The molecule has 6 rings (SSSR count). The van der Waals surface area contributed by atoms with Crippen molar-refractivity contribution in [2.24, 2.45) is 5.41 Å². The first-order valence-corrected chi connectivity index (χ1v) is 17.9. The smallest absolute Gasteiger partial charge is 0.335 e. The van der Waals surface area contributed by atoms with Crippen LogP contribution >= 0.6 is 12.4 Å². The van der Waals surface area contributed by atoms with Crippen molar-refractivity contribution in [3.63, 3.8) is 0 Å². The molecule has 1 saturated carbocycles. The predicted molar refractivity (Wildman–Crippen MR) is 197 cm³/mol. The number of hydrogen-bond donors (Lipinski definition) is 3. The molecule has 50 heavy (non-hydrogen) atoms. The number of nitrogens with zero attached hydrogens (tertiary/aromatic N) is 4. The van der Waals surface area contributed by atoms with Gasteiger partial charge >= 0.3 is 5.97 Å². The first-order chi connectivity index (χ1) is 23.3. The maximum atomic E-state index is 13.4. The second kappa shape index (κ2) is 14.8. The molecule has 3 N–H and O–H groups in total. The van der Waals surface area contributed by atoms with Crippen LogP contribution in [0.2, 0.25) is 0 Å². The summed E-state index contributed by atoms with van der Waals surface area (Å²) >= 11 is 0. The Hall–Kier alpha value is -4.52. The fourth-order valence-corrected chi connectivity index (χ4v) is 7.14. The van der Waals surface area contributed by atoms with Crippen LogP contribution in [0.4, 0.5) is 5.95 Å². The van der Waals surface area contributed by atoms with Crippen LogP contribution in [0.15, 0.2) is 78.0 Å². The Morgan fingerprint density at radius 2 is 1.76 bits per heavy atom. The lowest BCUT2D eigenvalue weighted by Gasteiger charge is -2.22. The molecule has 1 atom stereocenters. The summed E-state index contributed by atoms with van der Waals surface area (Å²) in [7, 11) is -4.23. The fraction of sp³-hybridized carbons (Fsp3) is 0.351. The van der Waals surface area contributed by atoms with E-state index in [9.17, 15) is 18.3 Å². The molecule has 0 unspecified atom stereocenters. The third kappa shape index (κ3) is 8.43. The third-order valence-electron chi connectivity index (χ3n) is 9.12. The standard InChI is InChI=1S/C37H42N6O5S.ClH/c1-23(2)43-15-12-26-16-28(39-21-32(26)43)20-38-29(19-37(5)13-14-37)22-48-33-18-31(34-24(3)8-6-9-25(34)4)40-36(41-33)42-49(46,47)30-11-7-10-27(17-30)35(44)45;/h6-12,15-18,21,23,29,38H,13-14,19-20,22H2,1-5H3,(H,44,45)(H,40,41,42);1H/t29-;/m1./s1. The van der Waals surface area contributed by atoms with E-state index in [2.05, 4.69) is 63.7 Å². The van der Waals surface area contributed by atoms with Gasteiger partial charge < -0.3 is 19.7 Å². The number of halogens is 1. The molecule has 0 aliphatic heterocycles. The van der Waals surface area contributed by atoms with E-state index < -0.39 is 16.0 Å². The molecule has 0 bridgehead atoms. The first kappa shape index (κ1) is 36.8. The minimum atomic E-state index is -4.23. The van der Waals surface area contributed by atoms with Gasteiger partial charge in [-0.05, 0) is 93.8 Å². The average molecular weight is 719 g/mol. The molecular weight excluding hydrogens is 676 g/mol. The number of sulfonamides is 1. The number of aryl methyl sites for hydroxylation is 2. The van der Waals surface area contributed by atoms with E-state index in [1.54, 1.807) is 6.07 Å². The normalized spacial score (nSPS) is 14.3. The maximum absolute atomic E-state index is 13.4. The highest BCUT2D eigenvalue weighted by Crippen LogP contribution is 2.49. The van der Waals surface area contributed by atoms with Crippen molar-refractivity contribution < 1.29 is 23.1 Å². The summed E-state index contributed by atoms with van der Waals surface area (Å²) < 4.78 is 37.8. The van der Waals surface area contributed by atoms with Crippen molar-refractivity contribution in [1.29, 1.82) is 0 Å². The van der Waals surface area contributed by atoms with Crippen LogP contribution in [0.1, 0.15) is 73.3 Å². The monoisotopic (exact) mass is 718 g/mol. The van der Waals surface area contributed by atoms with Crippen LogP contribution in [-0.2, 0) is 16.6 Å². The summed E-state index contributed by atoms with van der Waals surface area (Å²) in [5.74, 6) is -1.20. The van der Waals surface area contributed by atoms with Gasteiger partial charge in [-0.25, -0.2) is 22.9 Å². The second-order valence-electron chi connectivity index (χ2n) is 13.6. The number of aromatic nitrogens is 4. The number of hydrogen-bond acceptors (Lipinski definition) is 8. The number of pyridine rings is 1. The molecule has 0 spiro atoms. The lowest BCUT2D eigenvalue weighted by molar-refractivity contribution is 0.0696. The summed E-state index contributed by atoms with van der Waals surface area (Å²) in [5, 5.41) is 14.2. The highest BCUT2D eigenvalue weighted by molar-refractivity contribution is 7.92. The van der Waals surface area contributed by atoms with E-state index in [1.165, 1.54) is 18.2 Å². The van der Waals surface area contributed by atoms with Gasteiger partial charge in [-0.2, -0.15) is 4.98 Å². The van der Waals surface area contributed by atoms with Gasteiger partial charge in [-0.15, -0.1) is 12.4 Å². The van der Waals surface area contributed by atoms with Gasteiger partial charge in [0, 0.05) is 41.8 Å². The van der Waals surface area contributed by atoms with Gasteiger partial charge in [0.15, 0.2) is 0 Å². The Balaban J connectivity index is 0.00000486. The van der Waals surface area contributed by atoms with Crippen molar-refractivity contribution >= 4 is 45.3 Å². The Morgan fingerprint density at radius 3 is 2.44 bits per heavy atom. The van der Waals surface area contributed by atoms with E-state index in [0.717, 1.165) is 58.6 Å². The molecule has 1 fully saturated rings. The van der Waals surface area contributed by atoms with Gasteiger partial charge in [-0.3, -0.25) is 4.98 Å². The molecule has 0 saturated heterocycles. The molecule has 5 aromatic rings. The van der Waals surface area contributed by atoms with Gasteiger partial charge in [0.25, 0.3) is 10.0 Å². The van der Waals surface area contributed by atoms with Crippen LogP contribution in [0.3, 0.4) is 0 Å². The number of ether oxygens (including phenoxy) is 1. The van der Waals surface area contributed by atoms with E-state index >= 15 is 0 Å². The highest BCUT2D eigenvalue weighted by atomic mass is 35.5. The Bertz CT molecular complexity index is 2110. The molecule has 11 nitrogen and oxygen atoms in total. The molecular formula is C37H43ClN6O5S. The number of rotatable bonds is 14. The van der Waals surface area contributed by atoms with Crippen LogP contribution in [0.25, 0.3) is 22.2 Å². The molecule has 0 amide bonds. The van der Waals surface area contributed by atoms with E-state index in [1.807, 2.05) is 38.2 Å². The van der Waals surface area contributed by atoms with Gasteiger partial charge in [-0.1, -0.05) is 31.2 Å². The third-order valence-corrected chi connectivity index (χ3v) is 10.4. The molecule has 3 heterocycles. The Kier molecular flexibility index (Phi) is 10.8. The number of nitrogens with one attached hydrogen (secondary N) is 2. The van der Waals surface area contributed by atoms with Crippen molar-refractivity contribution in [1.82, 2.24) is 24.8 Å². The minimum Gasteiger partial charge on any atom is -0.478 e. The van der Waals surface area contributed by atoms with Crippen molar-refractivity contribution in [3.8, 4) is 17.1 Å². The number of benzene rings is 2. The summed E-state index contributed by atoms with van der Waals surface area (Å²) in [6, 6.07) is 17.3. The van der Waals surface area contributed by atoms with Crippen LogP contribution in [0.5, 0.6) is 5.88 Å². The van der Waals surface area contributed by atoms with E-state index in [4.69, 9.17) is 9.72 Å². The van der Waals surface area contributed by atoms with Crippen molar-refractivity contribution in [2.75, 3.05) is 11.3 Å². The van der Waals surface area contributed by atoms with Gasteiger partial charge in [0.05, 0.1) is 33.6 Å². The molecule has 1 aliphatic carbocycles. The fourth-order valence-electron chi connectivity index (χ4n) is 6.15. The Morgan fingerprint density at radius 1 is 1.04 bits per heavy atom. The van der Waals surface area contributed by atoms with Crippen molar-refractivity contribution in [2.45, 2.75) is 77.4 Å². The predicted octanol–water partition coefficient (Wildman–Crippen LogP) is 7.34. The molecule has 0 radical (unpaired) electrons. The zero-order valence-electron chi connectivity index (χ0n) is 28.8. The zero-order chi connectivity index (χ0) is 34.9. The van der Waals surface area contributed by atoms with Gasteiger partial charge in [0.2, 0.25) is 11.8 Å². The lowest BCUT2D eigenvalue weighted by atomic mass is 9.99. The molecule has 2 aromatic carbocycles. The number of fused-ring (bicyclic) bond motifs is 1. The SMILES string of the molecule is Cc1cccc(C)c1-c1cc(OC[C@@H](CC2(C)CC2)NCc2cc3ccn(C(C)C)c3cn2)nc(NS(=O)(=O)c2cccc(C(=O)O)c2)n1.Cl. The summed E-state index contributed by atoms with van der Waals surface area (Å²) in [6.45, 7) is 11.4. The number of carboxylic acid groups (broad SMARTS) is 1. The molecule has 13 heteroatoms. The Labute approximate surface area is 299 Å². The second-order valence-corrected chi connectivity index (χ2v) is 15.3. The zero-order valence-corrected chi connectivity index (χ0v) is 30.4. The summed E-state index contributed by atoms with van der Waals surface area (Å²) in [6.07, 6.45) is 7.22. The van der Waals surface area contributed by atoms with E-state index in [0.29, 0.717) is 18.3 Å². The maximum Gasteiger partial charge on any atom is 0.335 e. The topological polar surface area (TPSA) is 148 Å². The van der Waals surface area contributed by atoms with Gasteiger partial charge in [0.1, 0.15) is 6.61 Å². The van der Waals surface area contributed by atoms with Crippen LogP contribution < -0.4 is 14.8 Å². The number of carbonyl (C=O) groups is 1. The average Bonchev–Trinajstić information content (AvgIpc) is 3.62. The number of aromatic carboxylic acids is 1. The minimum absolute atomic E-state index is 0. The number of anilines is 1. The quantitative estimate of drug-likeness (QED) is 0.107. The number of carboxylic acids is 1. The first-order valence-electron chi connectivity index (χ1n) is 16.4. The van der Waals surface area contributed by atoms with Crippen molar-refractivity contribution in [3.05, 3.63) is 95.4 Å². The lowest BCUT2D eigenvalue weighted by Crippen LogP contribution is -2.36. The molecule has 3 aromatic heterocycles. The summed E-state index contributed by atoms with van der Waals surface area (Å²) in [4.78, 5) is 25.1. The summed E-state index contributed by atoms with van der Waals surface area (Å²) in [5.41, 5.74) is 5.38. The van der Waals surface area contributed by atoms with E-state index in [-0.39, 0.29) is 52.8 Å². The van der Waals surface area contributed by atoms with Crippen LogP contribution in [-0.4, -0.2) is 51.7 Å². The highest BCUT2D eigenvalue weighted by Gasteiger charge is 2.39. The molecule has 1 aliphatic rings.